The third-order valence-corrected chi connectivity index (χ3v) is 4.37. The van der Waals surface area contributed by atoms with Crippen LogP contribution < -0.4 is 11.1 Å². The minimum atomic E-state index is -0.229. The van der Waals surface area contributed by atoms with Crippen molar-refractivity contribution < 1.29 is 4.79 Å². The van der Waals surface area contributed by atoms with Gasteiger partial charge in [0.05, 0.1) is 22.6 Å². The molecule has 0 saturated carbocycles. The quantitative estimate of drug-likeness (QED) is 0.869. The number of benzene rings is 2. The minimum absolute atomic E-state index is 0.0562. The van der Waals surface area contributed by atoms with Crippen molar-refractivity contribution >= 4 is 29.1 Å². The van der Waals surface area contributed by atoms with Gasteiger partial charge < -0.3 is 11.1 Å². The number of hydrogen-bond acceptors (Lipinski definition) is 2. The maximum absolute atomic E-state index is 11.8. The van der Waals surface area contributed by atoms with Gasteiger partial charge in [-0.15, -0.1) is 0 Å². The molecular weight excluding hydrogens is 319 g/mol. The molecular formula is C17H18Cl2N2O. The fourth-order valence-electron chi connectivity index (χ4n) is 2.38. The summed E-state index contributed by atoms with van der Waals surface area (Å²) >= 11 is 12.1. The van der Waals surface area contributed by atoms with Crippen LogP contribution in [0, 0.1) is 0 Å². The number of carbonyl (C=O) groups is 1. The lowest BCUT2D eigenvalue weighted by molar-refractivity contribution is -0.120. The molecule has 2 aromatic rings. The maximum Gasteiger partial charge on any atom is 0.234 e. The van der Waals surface area contributed by atoms with Crippen molar-refractivity contribution in [3.8, 4) is 0 Å². The lowest BCUT2D eigenvalue weighted by atomic mass is 9.88. The van der Waals surface area contributed by atoms with Crippen LogP contribution in [0.2, 0.25) is 10.0 Å². The molecule has 3 nitrogen and oxygen atoms in total. The van der Waals surface area contributed by atoms with Gasteiger partial charge in [0.25, 0.3) is 0 Å². The topological polar surface area (TPSA) is 55.1 Å². The second-order valence-corrected chi connectivity index (χ2v) is 5.94. The molecule has 3 N–H and O–H groups in total. The number of rotatable bonds is 5. The highest BCUT2D eigenvalue weighted by molar-refractivity contribution is 6.42. The maximum atomic E-state index is 11.8. The van der Waals surface area contributed by atoms with E-state index in [1.807, 2.05) is 36.4 Å². The Balaban J connectivity index is 2.37. The Morgan fingerprint density at radius 1 is 1.09 bits per heavy atom. The lowest BCUT2D eigenvalue weighted by Crippen LogP contribution is -2.36. The van der Waals surface area contributed by atoms with Crippen LogP contribution in [-0.2, 0) is 4.79 Å². The van der Waals surface area contributed by atoms with E-state index in [2.05, 4.69) is 12.2 Å². The molecule has 0 aliphatic rings. The van der Waals surface area contributed by atoms with E-state index in [0.29, 0.717) is 10.0 Å². The molecule has 2 rings (SSSR count). The second kappa shape index (κ2) is 7.63. The van der Waals surface area contributed by atoms with E-state index < -0.39 is 0 Å². The van der Waals surface area contributed by atoms with Crippen molar-refractivity contribution in [1.29, 1.82) is 0 Å². The molecule has 0 radical (unpaired) electrons. The van der Waals surface area contributed by atoms with Crippen LogP contribution in [0.3, 0.4) is 0 Å². The Hall–Kier alpha value is -1.55. The molecule has 0 fully saturated rings. The van der Waals surface area contributed by atoms with Gasteiger partial charge in [0, 0.05) is 5.92 Å². The molecule has 116 valence electrons. The van der Waals surface area contributed by atoms with Crippen molar-refractivity contribution in [2.45, 2.75) is 18.9 Å². The van der Waals surface area contributed by atoms with Gasteiger partial charge in [0.15, 0.2) is 0 Å². The van der Waals surface area contributed by atoms with Crippen molar-refractivity contribution in [3.63, 3.8) is 0 Å². The van der Waals surface area contributed by atoms with E-state index in [1.54, 1.807) is 12.1 Å². The van der Waals surface area contributed by atoms with E-state index in [1.165, 1.54) is 0 Å². The Morgan fingerprint density at radius 2 is 1.77 bits per heavy atom. The van der Waals surface area contributed by atoms with Crippen LogP contribution in [0.15, 0.2) is 48.5 Å². The molecule has 0 aliphatic heterocycles. The highest BCUT2D eigenvalue weighted by Gasteiger charge is 2.23. The monoisotopic (exact) mass is 336 g/mol. The number of nitrogens with one attached hydrogen (secondary N) is 1. The first-order valence-electron chi connectivity index (χ1n) is 7.02. The van der Waals surface area contributed by atoms with Gasteiger partial charge in [-0.2, -0.15) is 0 Å². The SMILES string of the molecule is CC(c1ccccc1)C(NC(=O)CN)c1ccc(Cl)c(Cl)c1. The Labute approximate surface area is 140 Å². The Kier molecular flexibility index (Phi) is 5.83. The lowest BCUT2D eigenvalue weighted by Gasteiger charge is -2.26. The molecule has 0 aromatic heterocycles. The first-order valence-corrected chi connectivity index (χ1v) is 7.78. The summed E-state index contributed by atoms with van der Waals surface area (Å²) in [6.07, 6.45) is 0. The Morgan fingerprint density at radius 3 is 2.36 bits per heavy atom. The third-order valence-electron chi connectivity index (χ3n) is 3.63. The molecule has 2 aromatic carbocycles. The summed E-state index contributed by atoms with van der Waals surface area (Å²) in [5.41, 5.74) is 7.45. The van der Waals surface area contributed by atoms with Crippen LogP contribution in [0.4, 0.5) is 0 Å². The minimum Gasteiger partial charge on any atom is -0.348 e. The average molecular weight is 337 g/mol. The number of halogens is 2. The van der Waals surface area contributed by atoms with Crippen molar-refractivity contribution in [2.24, 2.45) is 5.73 Å². The van der Waals surface area contributed by atoms with Crippen LogP contribution in [0.25, 0.3) is 0 Å². The molecule has 5 heteroatoms. The number of amides is 1. The van der Waals surface area contributed by atoms with Gasteiger partial charge >= 0.3 is 0 Å². The van der Waals surface area contributed by atoms with E-state index in [9.17, 15) is 4.79 Å². The van der Waals surface area contributed by atoms with Crippen molar-refractivity contribution in [1.82, 2.24) is 5.32 Å². The summed E-state index contributed by atoms with van der Waals surface area (Å²) in [6, 6.07) is 15.1. The first-order chi connectivity index (χ1) is 10.5. The zero-order valence-corrected chi connectivity index (χ0v) is 13.7. The molecule has 0 aliphatic carbocycles. The molecule has 1 amide bonds. The molecule has 0 heterocycles. The second-order valence-electron chi connectivity index (χ2n) is 5.12. The van der Waals surface area contributed by atoms with Gasteiger partial charge in [-0.1, -0.05) is 66.5 Å². The van der Waals surface area contributed by atoms with Crippen LogP contribution in [-0.4, -0.2) is 12.5 Å². The smallest absolute Gasteiger partial charge is 0.234 e. The number of carbonyl (C=O) groups excluding carboxylic acids is 1. The van der Waals surface area contributed by atoms with Gasteiger partial charge in [-0.3, -0.25) is 4.79 Å². The number of nitrogens with two attached hydrogens (primary N) is 1. The fraction of sp³-hybridized carbons (Fsp3) is 0.235. The largest absolute Gasteiger partial charge is 0.348 e. The normalized spacial score (nSPS) is 13.5. The van der Waals surface area contributed by atoms with E-state index in [0.717, 1.165) is 11.1 Å². The molecule has 0 bridgehead atoms. The van der Waals surface area contributed by atoms with Gasteiger partial charge in [0.2, 0.25) is 5.91 Å². The summed E-state index contributed by atoms with van der Waals surface area (Å²) in [7, 11) is 0. The average Bonchev–Trinajstić information content (AvgIpc) is 2.55. The highest BCUT2D eigenvalue weighted by Crippen LogP contribution is 2.33. The summed E-state index contributed by atoms with van der Waals surface area (Å²) in [5, 5.41) is 3.91. The highest BCUT2D eigenvalue weighted by atomic mass is 35.5. The molecule has 0 saturated heterocycles. The third kappa shape index (κ3) is 4.01. The summed E-state index contributed by atoms with van der Waals surface area (Å²) in [6.45, 7) is 2.00. The molecule has 2 unspecified atom stereocenters. The van der Waals surface area contributed by atoms with Gasteiger partial charge in [-0.05, 0) is 23.3 Å². The summed E-state index contributed by atoms with van der Waals surface area (Å²) in [5.74, 6) is -0.146. The van der Waals surface area contributed by atoms with E-state index >= 15 is 0 Å². The molecule has 0 spiro atoms. The van der Waals surface area contributed by atoms with Crippen LogP contribution >= 0.6 is 23.2 Å². The number of hydrogen-bond donors (Lipinski definition) is 2. The Bertz CT molecular complexity index is 646. The summed E-state index contributed by atoms with van der Waals surface area (Å²) < 4.78 is 0. The zero-order chi connectivity index (χ0) is 16.1. The predicted molar refractivity (Wildman–Crippen MR) is 91.3 cm³/mol. The standard InChI is InChI=1S/C17H18Cl2N2O/c1-11(12-5-3-2-4-6-12)17(21-16(22)10-20)13-7-8-14(18)15(19)9-13/h2-9,11,17H,10,20H2,1H3,(H,21,22). The fourth-order valence-corrected chi connectivity index (χ4v) is 2.69. The van der Waals surface area contributed by atoms with Gasteiger partial charge in [-0.25, -0.2) is 0 Å². The molecule has 22 heavy (non-hydrogen) atoms. The predicted octanol–water partition coefficient (Wildman–Crippen LogP) is 3.91. The molecule has 2 atom stereocenters. The zero-order valence-electron chi connectivity index (χ0n) is 12.2. The van der Waals surface area contributed by atoms with Crippen LogP contribution in [0.1, 0.15) is 30.0 Å². The van der Waals surface area contributed by atoms with Crippen LogP contribution in [0.5, 0.6) is 0 Å². The van der Waals surface area contributed by atoms with Gasteiger partial charge in [0.1, 0.15) is 0 Å². The van der Waals surface area contributed by atoms with E-state index in [4.69, 9.17) is 28.9 Å². The summed E-state index contributed by atoms with van der Waals surface area (Å²) in [4.78, 5) is 11.8. The van der Waals surface area contributed by atoms with E-state index in [-0.39, 0.29) is 24.4 Å². The van der Waals surface area contributed by atoms with Crippen molar-refractivity contribution in [2.75, 3.05) is 6.54 Å². The van der Waals surface area contributed by atoms with Crippen molar-refractivity contribution in [3.05, 3.63) is 69.7 Å². The first kappa shape index (κ1) is 16.8.